The molecule has 1 aromatic carbocycles. The number of halogens is 2. The predicted molar refractivity (Wildman–Crippen MR) is 107 cm³/mol. The van der Waals surface area contributed by atoms with Crippen molar-refractivity contribution in [1.29, 1.82) is 0 Å². The first kappa shape index (κ1) is 18.2. The Kier molecular flexibility index (Phi) is 4.58. The van der Waals surface area contributed by atoms with Gasteiger partial charge in [0.2, 0.25) is 5.95 Å². The van der Waals surface area contributed by atoms with Gasteiger partial charge in [-0.1, -0.05) is 41.4 Å². The summed E-state index contributed by atoms with van der Waals surface area (Å²) in [5, 5.41) is 0.731. The second-order valence-corrected chi connectivity index (χ2v) is 7.75. The van der Waals surface area contributed by atoms with Crippen molar-refractivity contribution in [1.82, 2.24) is 9.97 Å². The Morgan fingerprint density at radius 3 is 2.78 bits per heavy atom. The van der Waals surface area contributed by atoms with Crippen LogP contribution in [0.3, 0.4) is 0 Å². The van der Waals surface area contributed by atoms with E-state index in [0.29, 0.717) is 45.3 Å². The molecule has 1 amide bonds. The number of hydrogen-bond acceptors (Lipinski definition) is 5. The number of rotatable bonds is 3. The van der Waals surface area contributed by atoms with Crippen LogP contribution in [0.5, 0.6) is 0 Å². The first-order chi connectivity index (χ1) is 12.9. The molecule has 1 fully saturated rings. The maximum absolute atomic E-state index is 12.2. The van der Waals surface area contributed by atoms with Gasteiger partial charge in [-0.15, -0.1) is 0 Å². The number of fused-ring (bicyclic) bond motifs is 1. The lowest BCUT2D eigenvalue weighted by molar-refractivity contribution is 0.0996. The Morgan fingerprint density at radius 1 is 1.30 bits per heavy atom. The fourth-order valence-corrected chi connectivity index (χ4v) is 4.28. The molecule has 1 aromatic heterocycles. The molecule has 2 heterocycles. The molecule has 4 N–H and O–H groups in total. The number of primary amides is 1. The van der Waals surface area contributed by atoms with E-state index >= 15 is 0 Å². The standard InChI is InChI=1S/C19H19Cl2N5O/c1-9-15(11-3-2-4-13(20)16(11)21)17(18(23)27)25-19(24-9)26-7-10-5-6-14(22)12(10)8-26/h2-5,12,14H,6-8,22H2,1H3,(H2,23,27)/t12-,14+/m0/s1. The Morgan fingerprint density at radius 2 is 2.07 bits per heavy atom. The van der Waals surface area contributed by atoms with E-state index in [9.17, 15) is 4.79 Å². The minimum Gasteiger partial charge on any atom is -0.364 e. The van der Waals surface area contributed by atoms with Crippen LogP contribution in [0.2, 0.25) is 10.0 Å². The van der Waals surface area contributed by atoms with Gasteiger partial charge >= 0.3 is 0 Å². The van der Waals surface area contributed by atoms with Crippen LogP contribution in [0.15, 0.2) is 29.8 Å². The molecule has 2 aromatic rings. The van der Waals surface area contributed by atoms with Gasteiger partial charge in [-0.05, 0) is 25.0 Å². The molecule has 0 spiro atoms. The van der Waals surface area contributed by atoms with Crippen molar-refractivity contribution >= 4 is 35.1 Å². The zero-order valence-corrected chi connectivity index (χ0v) is 16.3. The Labute approximate surface area is 167 Å². The van der Waals surface area contributed by atoms with Crippen LogP contribution in [0.1, 0.15) is 22.6 Å². The van der Waals surface area contributed by atoms with Gasteiger partial charge < -0.3 is 16.4 Å². The Bertz CT molecular complexity index is 975. The highest BCUT2D eigenvalue weighted by atomic mass is 35.5. The van der Waals surface area contributed by atoms with Crippen molar-refractivity contribution in [2.45, 2.75) is 19.4 Å². The second-order valence-electron chi connectivity index (χ2n) is 6.96. The molecule has 8 heteroatoms. The van der Waals surface area contributed by atoms with Crippen LogP contribution in [0.25, 0.3) is 11.1 Å². The largest absolute Gasteiger partial charge is 0.364 e. The summed E-state index contributed by atoms with van der Waals surface area (Å²) in [5.74, 6) is 0.154. The second kappa shape index (κ2) is 6.78. The van der Waals surface area contributed by atoms with Crippen molar-refractivity contribution in [2.24, 2.45) is 17.4 Å². The molecule has 0 unspecified atom stereocenters. The van der Waals surface area contributed by atoms with Crippen LogP contribution < -0.4 is 16.4 Å². The number of nitrogens with two attached hydrogens (primary N) is 2. The highest BCUT2D eigenvalue weighted by Gasteiger charge is 2.36. The SMILES string of the molecule is Cc1nc(N2CC3=CC[C@@H](N)[C@H]3C2)nc(C(N)=O)c1-c1cccc(Cl)c1Cl. The molecular weight excluding hydrogens is 385 g/mol. The zero-order chi connectivity index (χ0) is 19.3. The number of amides is 1. The van der Waals surface area contributed by atoms with E-state index in [-0.39, 0.29) is 11.7 Å². The molecule has 27 heavy (non-hydrogen) atoms. The molecule has 1 saturated heterocycles. The molecule has 2 aliphatic rings. The number of benzene rings is 1. The summed E-state index contributed by atoms with van der Waals surface area (Å²) in [6.07, 6.45) is 3.10. The summed E-state index contributed by atoms with van der Waals surface area (Å²) < 4.78 is 0. The van der Waals surface area contributed by atoms with E-state index < -0.39 is 5.91 Å². The molecule has 0 bridgehead atoms. The summed E-state index contributed by atoms with van der Waals surface area (Å²) in [6.45, 7) is 3.27. The van der Waals surface area contributed by atoms with E-state index in [4.69, 9.17) is 34.7 Å². The smallest absolute Gasteiger partial charge is 0.268 e. The lowest BCUT2D eigenvalue weighted by Crippen LogP contribution is -2.31. The number of nitrogens with zero attached hydrogens (tertiary/aromatic N) is 3. The molecule has 0 radical (unpaired) electrons. The third-order valence-electron chi connectivity index (χ3n) is 5.25. The van der Waals surface area contributed by atoms with E-state index in [0.717, 1.165) is 13.0 Å². The summed E-state index contributed by atoms with van der Waals surface area (Å²) in [5.41, 5.74) is 15.0. The predicted octanol–water partition coefficient (Wildman–Crippen LogP) is 2.95. The van der Waals surface area contributed by atoms with Crippen LogP contribution in [-0.4, -0.2) is 35.0 Å². The maximum Gasteiger partial charge on any atom is 0.268 e. The number of anilines is 1. The number of aromatic nitrogens is 2. The average Bonchev–Trinajstić information content (AvgIpc) is 3.19. The summed E-state index contributed by atoms with van der Waals surface area (Å²) >= 11 is 12.5. The summed E-state index contributed by atoms with van der Waals surface area (Å²) in [4.78, 5) is 23.3. The van der Waals surface area contributed by atoms with Gasteiger partial charge in [0.1, 0.15) is 5.69 Å². The van der Waals surface area contributed by atoms with Crippen molar-refractivity contribution in [3.8, 4) is 11.1 Å². The molecule has 1 aliphatic heterocycles. The number of carbonyl (C=O) groups excluding carboxylic acids is 1. The average molecular weight is 404 g/mol. The van der Waals surface area contributed by atoms with Crippen molar-refractivity contribution in [3.05, 3.63) is 51.3 Å². The third-order valence-corrected chi connectivity index (χ3v) is 6.07. The monoisotopic (exact) mass is 403 g/mol. The van der Waals surface area contributed by atoms with E-state index in [1.165, 1.54) is 5.57 Å². The van der Waals surface area contributed by atoms with Gasteiger partial charge in [0.25, 0.3) is 5.91 Å². The Balaban J connectivity index is 1.80. The lowest BCUT2D eigenvalue weighted by atomic mass is 10.0. The van der Waals surface area contributed by atoms with Gasteiger partial charge in [0.15, 0.2) is 0 Å². The normalized spacial score (nSPS) is 21.3. The molecule has 2 atom stereocenters. The molecule has 0 saturated carbocycles. The number of aryl methyl sites for hydroxylation is 1. The summed E-state index contributed by atoms with van der Waals surface area (Å²) in [7, 11) is 0. The fourth-order valence-electron chi connectivity index (χ4n) is 3.88. The van der Waals surface area contributed by atoms with Gasteiger partial charge in [-0.3, -0.25) is 4.79 Å². The molecular formula is C19H19Cl2N5O. The van der Waals surface area contributed by atoms with E-state index in [1.54, 1.807) is 18.2 Å². The van der Waals surface area contributed by atoms with E-state index in [2.05, 4.69) is 16.0 Å². The number of hydrogen-bond donors (Lipinski definition) is 2. The van der Waals surface area contributed by atoms with E-state index in [1.807, 2.05) is 11.8 Å². The quantitative estimate of drug-likeness (QED) is 0.767. The fraction of sp³-hybridized carbons (Fsp3) is 0.316. The first-order valence-corrected chi connectivity index (χ1v) is 9.44. The van der Waals surface area contributed by atoms with Gasteiger partial charge in [-0.25, -0.2) is 9.97 Å². The summed E-state index contributed by atoms with van der Waals surface area (Å²) in [6, 6.07) is 5.35. The molecule has 140 valence electrons. The lowest BCUT2D eigenvalue weighted by Gasteiger charge is -2.20. The topological polar surface area (TPSA) is 98.1 Å². The van der Waals surface area contributed by atoms with Crippen LogP contribution >= 0.6 is 23.2 Å². The Hall–Kier alpha value is -2.15. The van der Waals surface area contributed by atoms with Crippen LogP contribution in [0.4, 0.5) is 5.95 Å². The van der Waals surface area contributed by atoms with Gasteiger partial charge in [-0.2, -0.15) is 0 Å². The third kappa shape index (κ3) is 3.08. The van der Waals surface area contributed by atoms with Crippen molar-refractivity contribution < 1.29 is 4.79 Å². The molecule has 6 nitrogen and oxygen atoms in total. The van der Waals surface area contributed by atoms with Crippen LogP contribution in [0, 0.1) is 12.8 Å². The highest BCUT2D eigenvalue weighted by molar-refractivity contribution is 6.43. The zero-order valence-electron chi connectivity index (χ0n) is 14.7. The van der Waals surface area contributed by atoms with Crippen molar-refractivity contribution in [2.75, 3.05) is 18.0 Å². The minimum absolute atomic E-state index is 0.131. The van der Waals surface area contributed by atoms with Crippen molar-refractivity contribution in [3.63, 3.8) is 0 Å². The van der Waals surface area contributed by atoms with Gasteiger partial charge in [0, 0.05) is 36.2 Å². The minimum atomic E-state index is -0.636. The molecule has 1 aliphatic carbocycles. The molecule has 4 rings (SSSR count). The number of carbonyl (C=O) groups is 1. The maximum atomic E-state index is 12.2. The first-order valence-electron chi connectivity index (χ1n) is 8.69. The van der Waals surface area contributed by atoms with Crippen LogP contribution in [-0.2, 0) is 0 Å². The highest BCUT2D eigenvalue weighted by Crippen LogP contribution is 2.38. The van der Waals surface area contributed by atoms with Gasteiger partial charge in [0.05, 0.1) is 15.7 Å².